The summed E-state index contributed by atoms with van der Waals surface area (Å²) in [6.45, 7) is 0.619. The molecular formula is C21H20N4O2S. The summed E-state index contributed by atoms with van der Waals surface area (Å²) in [6, 6.07) is 17.7. The number of hydrazone groups is 1. The summed E-state index contributed by atoms with van der Waals surface area (Å²) in [6.07, 6.45) is 4.38. The fraction of sp³-hybridized carbons (Fsp3) is 0.190. The molecule has 0 fully saturated rings. The molecule has 6 nitrogen and oxygen atoms in total. The number of amides is 1. The molecule has 1 amide bonds. The Bertz CT molecular complexity index is 1000. The highest BCUT2D eigenvalue weighted by molar-refractivity contribution is 7.99. The number of methoxy groups -OCH3 is 1. The second kappa shape index (κ2) is 8.31. The summed E-state index contributed by atoms with van der Waals surface area (Å²) >= 11 is 1.40. The minimum Gasteiger partial charge on any atom is -0.497 e. The Morgan fingerprint density at radius 1 is 1.18 bits per heavy atom. The minimum absolute atomic E-state index is 0.0175. The minimum atomic E-state index is -0.0175. The van der Waals surface area contributed by atoms with Gasteiger partial charge in [0.05, 0.1) is 30.8 Å². The van der Waals surface area contributed by atoms with Gasteiger partial charge in [-0.25, -0.2) is 9.99 Å². The average molecular weight is 392 g/mol. The van der Waals surface area contributed by atoms with Crippen LogP contribution >= 0.6 is 11.8 Å². The summed E-state index contributed by atoms with van der Waals surface area (Å²) < 4.78 is 7.24. The Hall–Kier alpha value is -3.06. The van der Waals surface area contributed by atoms with E-state index in [9.17, 15) is 4.79 Å². The summed E-state index contributed by atoms with van der Waals surface area (Å²) in [5, 5.41) is 6.83. The molecule has 0 saturated carbocycles. The molecule has 0 aliphatic carbocycles. The van der Waals surface area contributed by atoms with Crippen molar-refractivity contribution in [2.24, 2.45) is 5.10 Å². The van der Waals surface area contributed by atoms with E-state index < -0.39 is 0 Å². The number of rotatable bonds is 6. The third-order valence-corrected chi connectivity index (χ3v) is 5.41. The topological polar surface area (TPSA) is 59.7 Å². The van der Waals surface area contributed by atoms with Gasteiger partial charge >= 0.3 is 0 Å². The number of imidazole rings is 1. The molecule has 1 aliphatic heterocycles. The van der Waals surface area contributed by atoms with Crippen LogP contribution in [-0.4, -0.2) is 45.6 Å². The van der Waals surface area contributed by atoms with Crippen LogP contribution in [0.15, 0.2) is 77.2 Å². The summed E-state index contributed by atoms with van der Waals surface area (Å²) in [7, 11) is 1.64. The zero-order valence-corrected chi connectivity index (χ0v) is 16.3. The van der Waals surface area contributed by atoms with Gasteiger partial charge in [0.1, 0.15) is 5.75 Å². The molecule has 28 heavy (non-hydrogen) atoms. The molecule has 2 aromatic carbocycles. The average Bonchev–Trinajstić information content (AvgIpc) is 3.42. The molecule has 0 radical (unpaired) electrons. The molecule has 0 bridgehead atoms. The molecule has 2 heterocycles. The molecule has 0 N–H and O–H groups in total. The predicted molar refractivity (Wildman–Crippen MR) is 110 cm³/mol. The number of benzene rings is 2. The van der Waals surface area contributed by atoms with E-state index in [1.54, 1.807) is 18.3 Å². The highest BCUT2D eigenvalue weighted by Crippen LogP contribution is 2.24. The molecule has 1 aromatic heterocycles. The molecule has 0 saturated heterocycles. The van der Waals surface area contributed by atoms with Crippen LogP contribution in [0.5, 0.6) is 5.75 Å². The molecule has 0 unspecified atom stereocenters. The molecule has 3 aromatic rings. The number of ether oxygens (including phenoxy) is 1. The zero-order valence-electron chi connectivity index (χ0n) is 15.5. The number of hydrogen-bond acceptors (Lipinski definition) is 5. The number of nitrogens with zero attached hydrogens (tertiary/aromatic N) is 4. The van der Waals surface area contributed by atoms with Crippen molar-refractivity contribution in [3.8, 4) is 11.4 Å². The van der Waals surface area contributed by atoms with E-state index >= 15 is 0 Å². The van der Waals surface area contributed by atoms with Crippen molar-refractivity contribution >= 4 is 23.4 Å². The van der Waals surface area contributed by atoms with Gasteiger partial charge in [0.15, 0.2) is 5.16 Å². The lowest BCUT2D eigenvalue weighted by molar-refractivity contribution is -0.127. The number of thioether (sulfide) groups is 1. The van der Waals surface area contributed by atoms with Crippen LogP contribution in [-0.2, 0) is 4.79 Å². The largest absolute Gasteiger partial charge is 0.497 e. The second-order valence-electron chi connectivity index (χ2n) is 6.25. The summed E-state index contributed by atoms with van der Waals surface area (Å²) in [4.78, 5) is 17.0. The van der Waals surface area contributed by atoms with Gasteiger partial charge in [-0.2, -0.15) is 5.10 Å². The number of carbonyl (C=O) groups is 1. The van der Waals surface area contributed by atoms with Gasteiger partial charge in [-0.05, 0) is 17.7 Å². The lowest BCUT2D eigenvalue weighted by Crippen LogP contribution is -2.25. The molecule has 4 rings (SSSR count). The lowest BCUT2D eigenvalue weighted by atomic mass is 10.1. The van der Waals surface area contributed by atoms with Crippen molar-refractivity contribution in [2.75, 3.05) is 19.4 Å². The standard InChI is InChI=1S/C21H20N4O2S/c1-27-18-9-5-8-17(14-18)24-13-11-22-21(24)28-15-20(26)25-12-10-19(23-25)16-6-3-2-4-7-16/h2-9,11,13-14H,10,12,15H2,1H3. The number of aromatic nitrogens is 2. The number of hydrogen-bond donors (Lipinski definition) is 0. The first-order chi connectivity index (χ1) is 13.7. The van der Waals surface area contributed by atoms with Gasteiger partial charge in [0, 0.05) is 24.9 Å². The molecule has 1 aliphatic rings. The van der Waals surface area contributed by atoms with Crippen molar-refractivity contribution in [1.29, 1.82) is 0 Å². The summed E-state index contributed by atoms with van der Waals surface area (Å²) in [5.41, 5.74) is 2.97. The Morgan fingerprint density at radius 2 is 2.04 bits per heavy atom. The van der Waals surface area contributed by atoms with E-state index in [0.717, 1.165) is 34.3 Å². The van der Waals surface area contributed by atoms with Crippen LogP contribution in [0.1, 0.15) is 12.0 Å². The first-order valence-electron chi connectivity index (χ1n) is 8.98. The number of carbonyl (C=O) groups excluding carboxylic acids is 1. The highest BCUT2D eigenvalue weighted by Gasteiger charge is 2.22. The maximum absolute atomic E-state index is 12.6. The van der Waals surface area contributed by atoms with Gasteiger partial charge in [-0.1, -0.05) is 48.2 Å². The van der Waals surface area contributed by atoms with Crippen LogP contribution in [0.4, 0.5) is 0 Å². The third kappa shape index (κ3) is 3.94. The van der Waals surface area contributed by atoms with Crippen molar-refractivity contribution in [2.45, 2.75) is 11.6 Å². The highest BCUT2D eigenvalue weighted by atomic mass is 32.2. The van der Waals surface area contributed by atoms with Crippen molar-refractivity contribution < 1.29 is 9.53 Å². The van der Waals surface area contributed by atoms with Crippen LogP contribution < -0.4 is 4.74 Å². The van der Waals surface area contributed by atoms with E-state index in [1.807, 2.05) is 65.4 Å². The first kappa shape index (κ1) is 18.3. The Balaban J connectivity index is 1.42. The maximum Gasteiger partial charge on any atom is 0.253 e. The SMILES string of the molecule is COc1cccc(-n2ccnc2SCC(=O)N2CCC(c3ccccc3)=N2)c1. The van der Waals surface area contributed by atoms with E-state index in [2.05, 4.69) is 10.1 Å². The Labute approximate surface area is 167 Å². The van der Waals surface area contributed by atoms with Gasteiger partial charge in [-0.3, -0.25) is 9.36 Å². The molecule has 142 valence electrons. The molecule has 0 atom stereocenters. The molecule has 7 heteroatoms. The van der Waals surface area contributed by atoms with Crippen molar-refractivity contribution in [1.82, 2.24) is 14.6 Å². The van der Waals surface area contributed by atoms with Crippen LogP contribution in [0.3, 0.4) is 0 Å². The van der Waals surface area contributed by atoms with Crippen LogP contribution in [0.2, 0.25) is 0 Å². The van der Waals surface area contributed by atoms with E-state index in [4.69, 9.17) is 4.74 Å². The predicted octanol–water partition coefficient (Wildman–Crippen LogP) is 3.61. The van der Waals surface area contributed by atoms with Gasteiger partial charge in [0.25, 0.3) is 5.91 Å². The van der Waals surface area contributed by atoms with Gasteiger partial charge in [-0.15, -0.1) is 0 Å². The normalized spacial score (nSPS) is 13.5. The molecule has 0 spiro atoms. The van der Waals surface area contributed by atoms with Crippen molar-refractivity contribution in [3.05, 3.63) is 72.6 Å². The van der Waals surface area contributed by atoms with Crippen LogP contribution in [0, 0.1) is 0 Å². The summed E-state index contributed by atoms with van der Waals surface area (Å²) in [5.74, 6) is 1.04. The van der Waals surface area contributed by atoms with Crippen molar-refractivity contribution in [3.63, 3.8) is 0 Å². The fourth-order valence-electron chi connectivity index (χ4n) is 3.02. The van der Waals surface area contributed by atoms with E-state index in [0.29, 0.717) is 6.54 Å². The maximum atomic E-state index is 12.6. The molecular weight excluding hydrogens is 372 g/mol. The Morgan fingerprint density at radius 3 is 2.86 bits per heavy atom. The first-order valence-corrected chi connectivity index (χ1v) is 9.97. The fourth-order valence-corrected chi connectivity index (χ4v) is 3.87. The van der Waals surface area contributed by atoms with Crippen LogP contribution in [0.25, 0.3) is 5.69 Å². The third-order valence-electron chi connectivity index (χ3n) is 4.46. The van der Waals surface area contributed by atoms with Gasteiger partial charge < -0.3 is 4.74 Å². The van der Waals surface area contributed by atoms with E-state index in [1.165, 1.54) is 11.8 Å². The van der Waals surface area contributed by atoms with E-state index in [-0.39, 0.29) is 11.7 Å². The smallest absolute Gasteiger partial charge is 0.253 e. The zero-order chi connectivity index (χ0) is 19.3. The quantitative estimate of drug-likeness (QED) is 0.602. The monoisotopic (exact) mass is 392 g/mol. The lowest BCUT2D eigenvalue weighted by Gasteiger charge is -2.12. The Kier molecular flexibility index (Phi) is 5.43. The second-order valence-corrected chi connectivity index (χ2v) is 7.19. The van der Waals surface area contributed by atoms with Gasteiger partial charge in [0.2, 0.25) is 0 Å².